The highest BCUT2D eigenvalue weighted by molar-refractivity contribution is 5.88. The molecule has 0 heterocycles. The van der Waals surface area contributed by atoms with Gasteiger partial charge in [0.05, 0.1) is 5.56 Å². The molecule has 3 nitrogen and oxygen atoms in total. The molecule has 1 aromatic carbocycles. The molecule has 0 spiro atoms. The highest BCUT2D eigenvalue weighted by atomic mass is 19.1. The van der Waals surface area contributed by atoms with Crippen molar-refractivity contribution in [1.82, 2.24) is 0 Å². The SMILES string of the molecule is CCC(CC)Nc1c(F)cc(C(=O)O)cc1F. The lowest BCUT2D eigenvalue weighted by molar-refractivity contribution is 0.0696. The molecular formula is C12H15F2NO2. The first kappa shape index (κ1) is 13.4. The van der Waals surface area contributed by atoms with E-state index in [4.69, 9.17) is 5.11 Å². The Morgan fingerprint density at radius 1 is 1.29 bits per heavy atom. The molecule has 0 fully saturated rings. The Kier molecular flexibility index (Phi) is 4.43. The van der Waals surface area contributed by atoms with Gasteiger partial charge in [0.15, 0.2) is 0 Å². The zero-order chi connectivity index (χ0) is 13.0. The monoisotopic (exact) mass is 243 g/mol. The smallest absolute Gasteiger partial charge is 0.335 e. The second-order valence-electron chi connectivity index (χ2n) is 3.78. The van der Waals surface area contributed by atoms with Crippen molar-refractivity contribution in [1.29, 1.82) is 0 Å². The van der Waals surface area contributed by atoms with Crippen LogP contribution in [0.25, 0.3) is 0 Å². The summed E-state index contributed by atoms with van der Waals surface area (Å²) in [5.41, 5.74) is -0.654. The third-order valence-electron chi connectivity index (χ3n) is 2.62. The number of benzene rings is 1. The Hall–Kier alpha value is -1.65. The quantitative estimate of drug-likeness (QED) is 0.834. The molecule has 0 bridgehead atoms. The Labute approximate surface area is 98.5 Å². The molecule has 0 saturated heterocycles. The molecule has 1 rings (SSSR count). The maximum atomic E-state index is 13.5. The molecule has 0 atom stereocenters. The van der Waals surface area contributed by atoms with Crippen LogP contribution in [-0.2, 0) is 0 Å². The summed E-state index contributed by atoms with van der Waals surface area (Å²) in [6.07, 6.45) is 1.46. The molecule has 0 aliphatic carbocycles. The van der Waals surface area contributed by atoms with E-state index < -0.39 is 23.2 Å². The van der Waals surface area contributed by atoms with Crippen LogP contribution in [0.2, 0.25) is 0 Å². The van der Waals surface area contributed by atoms with E-state index in [1.807, 2.05) is 13.8 Å². The number of carboxylic acids is 1. The normalized spacial score (nSPS) is 10.6. The van der Waals surface area contributed by atoms with Crippen LogP contribution in [0.4, 0.5) is 14.5 Å². The van der Waals surface area contributed by atoms with Crippen molar-refractivity contribution in [2.45, 2.75) is 32.7 Å². The van der Waals surface area contributed by atoms with Crippen molar-refractivity contribution < 1.29 is 18.7 Å². The first-order valence-corrected chi connectivity index (χ1v) is 5.48. The van der Waals surface area contributed by atoms with Crippen molar-refractivity contribution in [3.8, 4) is 0 Å². The van der Waals surface area contributed by atoms with Crippen LogP contribution in [-0.4, -0.2) is 17.1 Å². The van der Waals surface area contributed by atoms with E-state index in [9.17, 15) is 13.6 Å². The number of hydrogen-bond donors (Lipinski definition) is 2. The van der Waals surface area contributed by atoms with E-state index in [2.05, 4.69) is 5.32 Å². The Balaban J connectivity index is 3.05. The molecule has 0 amide bonds. The van der Waals surface area contributed by atoms with Gasteiger partial charge in [-0.05, 0) is 25.0 Å². The summed E-state index contributed by atoms with van der Waals surface area (Å²) in [7, 11) is 0. The lowest BCUT2D eigenvalue weighted by Gasteiger charge is -2.17. The number of aromatic carboxylic acids is 1. The molecule has 1 aromatic rings. The van der Waals surface area contributed by atoms with Gasteiger partial charge in [0, 0.05) is 6.04 Å². The zero-order valence-electron chi connectivity index (χ0n) is 9.76. The van der Waals surface area contributed by atoms with Crippen LogP contribution in [0, 0.1) is 11.6 Å². The van der Waals surface area contributed by atoms with E-state index in [1.54, 1.807) is 0 Å². The average Bonchev–Trinajstić information content (AvgIpc) is 2.28. The van der Waals surface area contributed by atoms with E-state index >= 15 is 0 Å². The van der Waals surface area contributed by atoms with Gasteiger partial charge in [0.1, 0.15) is 17.3 Å². The molecular weight excluding hydrogens is 228 g/mol. The second kappa shape index (κ2) is 5.61. The third-order valence-corrected chi connectivity index (χ3v) is 2.62. The van der Waals surface area contributed by atoms with Crippen LogP contribution in [0.1, 0.15) is 37.0 Å². The third kappa shape index (κ3) is 3.15. The van der Waals surface area contributed by atoms with Crippen LogP contribution < -0.4 is 5.32 Å². The molecule has 2 N–H and O–H groups in total. The number of carbonyl (C=O) groups is 1. The molecule has 17 heavy (non-hydrogen) atoms. The van der Waals surface area contributed by atoms with E-state index in [-0.39, 0.29) is 11.7 Å². The van der Waals surface area contributed by atoms with Gasteiger partial charge in [0.25, 0.3) is 0 Å². The van der Waals surface area contributed by atoms with Crippen LogP contribution in [0.5, 0.6) is 0 Å². The van der Waals surface area contributed by atoms with Gasteiger partial charge in [-0.25, -0.2) is 13.6 Å². The zero-order valence-corrected chi connectivity index (χ0v) is 9.76. The molecule has 0 radical (unpaired) electrons. The van der Waals surface area contributed by atoms with Crippen LogP contribution in [0.15, 0.2) is 12.1 Å². The Morgan fingerprint density at radius 2 is 1.76 bits per heavy atom. The number of anilines is 1. The van der Waals surface area contributed by atoms with Gasteiger partial charge in [-0.2, -0.15) is 0 Å². The lowest BCUT2D eigenvalue weighted by atomic mass is 10.1. The number of carboxylic acid groups (broad SMARTS) is 1. The summed E-state index contributed by atoms with van der Waals surface area (Å²) in [6.45, 7) is 3.81. The van der Waals surface area contributed by atoms with Crippen molar-refractivity contribution in [3.63, 3.8) is 0 Å². The maximum Gasteiger partial charge on any atom is 0.335 e. The number of halogens is 2. The molecule has 0 aliphatic rings. The highest BCUT2D eigenvalue weighted by Gasteiger charge is 2.16. The number of nitrogens with one attached hydrogen (secondary N) is 1. The lowest BCUT2D eigenvalue weighted by Crippen LogP contribution is -2.19. The Bertz CT molecular complexity index is 394. The first-order valence-electron chi connectivity index (χ1n) is 5.48. The molecule has 0 aromatic heterocycles. The molecule has 5 heteroatoms. The fraction of sp³-hybridized carbons (Fsp3) is 0.417. The van der Waals surface area contributed by atoms with E-state index in [1.165, 1.54) is 0 Å². The number of hydrogen-bond acceptors (Lipinski definition) is 2. The van der Waals surface area contributed by atoms with Gasteiger partial charge in [-0.1, -0.05) is 13.8 Å². The van der Waals surface area contributed by atoms with Crippen molar-refractivity contribution in [3.05, 3.63) is 29.3 Å². The predicted octanol–water partition coefficient (Wildman–Crippen LogP) is 3.26. The summed E-state index contributed by atoms with van der Waals surface area (Å²) in [5, 5.41) is 11.4. The largest absolute Gasteiger partial charge is 0.478 e. The minimum Gasteiger partial charge on any atom is -0.478 e. The fourth-order valence-corrected chi connectivity index (χ4v) is 1.53. The molecule has 0 aliphatic heterocycles. The average molecular weight is 243 g/mol. The van der Waals surface area contributed by atoms with Gasteiger partial charge >= 0.3 is 5.97 Å². The van der Waals surface area contributed by atoms with Gasteiger partial charge in [-0.3, -0.25) is 0 Å². The van der Waals surface area contributed by atoms with Crippen molar-refractivity contribution >= 4 is 11.7 Å². The van der Waals surface area contributed by atoms with E-state index in [0.717, 1.165) is 25.0 Å². The highest BCUT2D eigenvalue weighted by Crippen LogP contribution is 2.22. The Morgan fingerprint density at radius 3 is 2.12 bits per heavy atom. The summed E-state index contributed by atoms with van der Waals surface area (Å²) in [6, 6.07) is 1.60. The topological polar surface area (TPSA) is 49.3 Å². The number of rotatable bonds is 5. The minimum atomic E-state index is -1.35. The summed E-state index contributed by atoms with van der Waals surface area (Å²) in [5.74, 6) is -3.11. The summed E-state index contributed by atoms with van der Waals surface area (Å²) < 4.78 is 27.1. The predicted molar refractivity (Wildman–Crippen MR) is 61.3 cm³/mol. The fourth-order valence-electron chi connectivity index (χ4n) is 1.53. The second-order valence-corrected chi connectivity index (χ2v) is 3.78. The van der Waals surface area contributed by atoms with Crippen LogP contribution in [0.3, 0.4) is 0 Å². The summed E-state index contributed by atoms with van der Waals surface area (Å²) >= 11 is 0. The first-order chi connectivity index (χ1) is 7.99. The molecule has 94 valence electrons. The maximum absolute atomic E-state index is 13.5. The summed E-state index contributed by atoms with van der Waals surface area (Å²) in [4.78, 5) is 10.6. The van der Waals surface area contributed by atoms with Gasteiger partial charge in [-0.15, -0.1) is 0 Å². The van der Waals surface area contributed by atoms with Crippen LogP contribution >= 0.6 is 0 Å². The van der Waals surface area contributed by atoms with E-state index in [0.29, 0.717) is 0 Å². The molecule has 0 saturated carbocycles. The minimum absolute atomic E-state index is 0.0327. The van der Waals surface area contributed by atoms with Gasteiger partial charge < -0.3 is 10.4 Å². The molecule has 0 unspecified atom stereocenters. The van der Waals surface area contributed by atoms with Gasteiger partial charge in [0.2, 0.25) is 0 Å². The van der Waals surface area contributed by atoms with Crippen molar-refractivity contribution in [2.24, 2.45) is 0 Å². The van der Waals surface area contributed by atoms with Crippen molar-refractivity contribution in [2.75, 3.05) is 5.32 Å². The standard InChI is InChI=1S/C12H15F2NO2/c1-3-8(4-2)15-11-9(13)5-7(12(16)17)6-10(11)14/h5-6,8,15H,3-4H2,1-2H3,(H,16,17).